The van der Waals surface area contributed by atoms with Crippen molar-refractivity contribution in [2.24, 2.45) is 0 Å². The van der Waals surface area contributed by atoms with Crippen LogP contribution in [0.1, 0.15) is 72.0 Å². The number of carbonyl (C=O) groups excluding carboxylic acids is 1. The Balaban J connectivity index is 1.17. The summed E-state index contributed by atoms with van der Waals surface area (Å²) in [6, 6.07) is 24.6. The number of ether oxygens (including phenoxy) is 2. The maximum Gasteiger partial charge on any atom is 0.176 e. The van der Waals surface area contributed by atoms with Crippen LogP contribution in [0, 0.1) is 0 Å². The number of aryl methyl sites for hydroxylation is 1. The van der Waals surface area contributed by atoms with E-state index in [1.54, 1.807) is 7.11 Å². The first kappa shape index (κ1) is 31.2. The summed E-state index contributed by atoms with van der Waals surface area (Å²) in [5.41, 5.74) is 3.09. The van der Waals surface area contributed by atoms with Gasteiger partial charge in [-0.3, -0.25) is 14.6 Å². The third-order valence-electron chi connectivity index (χ3n) is 11.5. The molecule has 2 aliphatic heterocycles. The van der Waals surface area contributed by atoms with Gasteiger partial charge in [-0.1, -0.05) is 85.6 Å². The van der Waals surface area contributed by atoms with E-state index >= 15 is 0 Å². The minimum atomic E-state index is -0.924. The Hall–Kier alpha value is -3.45. The summed E-state index contributed by atoms with van der Waals surface area (Å²) in [6.07, 6.45) is 10.3. The zero-order chi connectivity index (χ0) is 31.7. The van der Waals surface area contributed by atoms with E-state index in [0.29, 0.717) is 13.0 Å². The van der Waals surface area contributed by atoms with Crippen molar-refractivity contribution in [2.45, 2.75) is 87.0 Å². The van der Waals surface area contributed by atoms with Crippen molar-refractivity contribution in [3.63, 3.8) is 0 Å². The number of Topliss-reactive ketones (excluding diaryl/α,β-unsaturated/α-hetero) is 1. The molecule has 2 heterocycles. The summed E-state index contributed by atoms with van der Waals surface area (Å²) < 4.78 is 12.9. The lowest BCUT2D eigenvalue weighted by Gasteiger charge is -2.64. The molecule has 2 aliphatic carbocycles. The average Bonchev–Trinajstić information content (AvgIpc) is 3.43. The summed E-state index contributed by atoms with van der Waals surface area (Å²) >= 11 is 0. The first-order valence-corrected chi connectivity index (χ1v) is 17.3. The van der Waals surface area contributed by atoms with Crippen molar-refractivity contribution in [3.8, 4) is 11.5 Å². The molecule has 7 rings (SSSR count). The molecular weight excluding hydrogens is 572 g/mol. The smallest absolute Gasteiger partial charge is 0.176 e. The Morgan fingerprint density at radius 1 is 1.04 bits per heavy atom. The number of ketones is 1. The van der Waals surface area contributed by atoms with E-state index in [1.807, 2.05) is 42.5 Å². The fourth-order valence-electron chi connectivity index (χ4n) is 9.42. The second-order valence-electron chi connectivity index (χ2n) is 13.8. The topological polar surface area (TPSA) is 62.2 Å². The number of methoxy groups -OCH3 is 1. The van der Waals surface area contributed by atoms with Crippen molar-refractivity contribution in [1.82, 2.24) is 9.80 Å². The predicted molar refractivity (Wildman–Crippen MR) is 182 cm³/mol. The van der Waals surface area contributed by atoms with Gasteiger partial charge >= 0.3 is 0 Å². The zero-order valence-electron chi connectivity index (χ0n) is 27.2. The standard InChI is InChI=1S/C40H48N2O4/c1-3-24-41-26-23-39-36-31-19-20-34(45-2)37(36)46-38(39)32(21-22-40(39,44)35(41)27-31)42(28-33(43)30-17-11-7-12-18-30)25-13-5-4-8-14-29-15-9-6-10-16-29/h3,6-7,9-12,15-20,32,35,38,44H,1,4-5,8,13-14,21-28H2,2H3/t32-,35-,38+,39+,40-/m1/s1. The number of hydrogen-bond donors (Lipinski definition) is 1. The van der Waals surface area contributed by atoms with Crippen LogP contribution >= 0.6 is 0 Å². The number of benzene rings is 3. The summed E-state index contributed by atoms with van der Waals surface area (Å²) in [5.74, 6) is 1.68. The Kier molecular flexibility index (Phi) is 8.79. The summed E-state index contributed by atoms with van der Waals surface area (Å²) in [4.78, 5) is 18.6. The third-order valence-corrected chi connectivity index (χ3v) is 11.5. The van der Waals surface area contributed by atoms with Gasteiger partial charge in [0.05, 0.1) is 24.7 Å². The number of aliphatic hydroxyl groups is 1. The van der Waals surface area contributed by atoms with Crippen LogP contribution in [0.2, 0.25) is 0 Å². The number of hydrogen-bond acceptors (Lipinski definition) is 6. The van der Waals surface area contributed by atoms with Gasteiger partial charge in [-0.25, -0.2) is 0 Å². The van der Waals surface area contributed by atoms with Gasteiger partial charge in [-0.2, -0.15) is 0 Å². The Labute approximate surface area is 274 Å². The van der Waals surface area contributed by atoms with Gasteiger partial charge in [0.2, 0.25) is 0 Å². The van der Waals surface area contributed by atoms with Gasteiger partial charge < -0.3 is 14.6 Å². The molecule has 6 nitrogen and oxygen atoms in total. The molecule has 0 amide bonds. The van der Waals surface area contributed by atoms with Crippen LogP contribution in [-0.4, -0.2) is 77.8 Å². The van der Waals surface area contributed by atoms with Gasteiger partial charge in [0, 0.05) is 29.8 Å². The van der Waals surface area contributed by atoms with Crippen molar-refractivity contribution < 1.29 is 19.4 Å². The van der Waals surface area contributed by atoms with E-state index in [-0.39, 0.29) is 24.0 Å². The average molecular weight is 621 g/mol. The minimum absolute atomic E-state index is 0.00200. The lowest BCUT2D eigenvalue weighted by molar-refractivity contribution is -0.198. The van der Waals surface area contributed by atoms with Gasteiger partial charge in [0.1, 0.15) is 6.10 Å². The fraction of sp³-hybridized carbons (Fsp3) is 0.475. The second-order valence-corrected chi connectivity index (χ2v) is 13.8. The molecule has 0 aromatic heterocycles. The maximum atomic E-state index is 13.8. The molecule has 2 bridgehead atoms. The summed E-state index contributed by atoms with van der Waals surface area (Å²) in [6.45, 7) is 6.84. The summed E-state index contributed by atoms with van der Waals surface area (Å²) in [5, 5.41) is 12.9. The first-order chi connectivity index (χ1) is 22.5. The monoisotopic (exact) mass is 620 g/mol. The van der Waals surface area contributed by atoms with Crippen molar-refractivity contribution in [1.29, 1.82) is 0 Å². The molecule has 6 heteroatoms. The van der Waals surface area contributed by atoms with E-state index in [4.69, 9.17) is 9.47 Å². The fourth-order valence-corrected chi connectivity index (χ4v) is 9.42. The SMILES string of the molecule is C=CCN1CC[C@]23c4c5ccc(OC)c4O[C@H]2[C@H](N(CCCCCCc2ccccc2)CC(=O)c2ccccc2)CC[C@@]3(O)[C@H]1C5. The second kappa shape index (κ2) is 13.0. The molecule has 1 N–H and O–H groups in total. The van der Waals surface area contributed by atoms with Crippen molar-refractivity contribution in [2.75, 3.05) is 33.3 Å². The molecule has 5 atom stereocenters. The third kappa shape index (κ3) is 5.19. The van der Waals surface area contributed by atoms with Crippen LogP contribution in [0.3, 0.4) is 0 Å². The van der Waals surface area contributed by atoms with Crippen LogP contribution < -0.4 is 9.47 Å². The van der Waals surface area contributed by atoms with E-state index in [2.05, 4.69) is 52.8 Å². The first-order valence-electron chi connectivity index (χ1n) is 17.3. The van der Waals surface area contributed by atoms with E-state index in [9.17, 15) is 9.90 Å². The highest BCUT2D eigenvalue weighted by atomic mass is 16.5. The van der Waals surface area contributed by atoms with Crippen LogP contribution in [-0.2, 0) is 18.3 Å². The van der Waals surface area contributed by atoms with Crippen LogP contribution in [0.4, 0.5) is 0 Å². The zero-order valence-corrected chi connectivity index (χ0v) is 27.2. The van der Waals surface area contributed by atoms with Gasteiger partial charge in [-0.15, -0.1) is 6.58 Å². The van der Waals surface area contributed by atoms with Crippen LogP contribution in [0.25, 0.3) is 0 Å². The van der Waals surface area contributed by atoms with E-state index < -0.39 is 11.0 Å². The highest BCUT2D eigenvalue weighted by Gasteiger charge is 2.73. The Morgan fingerprint density at radius 3 is 2.57 bits per heavy atom. The number of rotatable bonds is 14. The molecule has 2 fully saturated rings. The van der Waals surface area contributed by atoms with Gasteiger partial charge in [-0.05, 0) is 75.2 Å². The quantitative estimate of drug-likeness (QED) is 0.128. The summed E-state index contributed by atoms with van der Waals surface area (Å²) in [7, 11) is 1.70. The molecule has 0 unspecified atom stereocenters. The normalized spacial score (nSPS) is 27.6. The van der Waals surface area contributed by atoms with Gasteiger partial charge in [0.25, 0.3) is 0 Å². The van der Waals surface area contributed by atoms with Crippen molar-refractivity contribution >= 4 is 5.78 Å². The highest BCUT2D eigenvalue weighted by molar-refractivity contribution is 5.97. The number of carbonyl (C=O) groups is 1. The van der Waals surface area contributed by atoms with E-state index in [0.717, 1.165) is 87.2 Å². The number of likely N-dealkylation sites (tertiary alicyclic amines) is 1. The molecule has 1 saturated heterocycles. The molecule has 0 radical (unpaired) electrons. The molecule has 1 spiro atoms. The Bertz CT molecular complexity index is 1540. The van der Waals surface area contributed by atoms with Gasteiger partial charge in [0.15, 0.2) is 17.3 Å². The Morgan fingerprint density at radius 2 is 1.80 bits per heavy atom. The predicted octanol–water partition coefficient (Wildman–Crippen LogP) is 6.39. The number of unbranched alkanes of at least 4 members (excludes halogenated alkanes) is 3. The molecule has 46 heavy (non-hydrogen) atoms. The molecular formula is C40H48N2O4. The van der Waals surface area contributed by atoms with Crippen molar-refractivity contribution in [3.05, 3.63) is 108 Å². The lowest BCUT2D eigenvalue weighted by atomic mass is 9.48. The molecule has 4 aliphatic rings. The molecule has 3 aromatic rings. The lowest BCUT2D eigenvalue weighted by Crippen LogP contribution is -2.78. The molecule has 1 saturated carbocycles. The number of nitrogens with zero attached hydrogens (tertiary/aromatic N) is 2. The molecule has 3 aromatic carbocycles. The largest absolute Gasteiger partial charge is 0.493 e. The molecule has 242 valence electrons. The highest BCUT2D eigenvalue weighted by Crippen LogP contribution is 2.66. The van der Waals surface area contributed by atoms with Crippen LogP contribution in [0.15, 0.2) is 85.5 Å². The maximum absolute atomic E-state index is 13.8. The van der Waals surface area contributed by atoms with E-state index in [1.165, 1.54) is 17.5 Å². The number of piperidine rings is 1. The van der Waals surface area contributed by atoms with Crippen LogP contribution in [0.5, 0.6) is 11.5 Å². The minimum Gasteiger partial charge on any atom is -0.493 e.